The first-order chi connectivity index (χ1) is 9.42. The van der Waals surface area contributed by atoms with E-state index in [4.69, 9.17) is 4.94 Å². The van der Waals surface area contributed by atoms with E-state index in [9.17, 15) is 0 Å². The molecule has 0 saturated heterocycles. The number of fused-ring (bicyclic) bond motifs is 2. The van der Waals surface area contributed by atoms with Crippen LogP contribution in [0.25, 0.3) is 21.8 Å². The highest BCUT2D eigenvalue weighted by molar-refractivity contribution is 5.79. The van der Waals surface area contributed by atoms with Crippen LogP contribution in [-0.2, 0) is 0 Å². The smallest absolute Gasteiger partial charge is 0.113 e. The molecule has 2 aromatic carbocycles. The van der Waals surface area contributed by atoms with Crippen molar-refractivity contribution in [3.05, 3.63) is 60.9 Å². The largest absolute Gasteiger partial charge is 0.246 e. The first-order valence-electron chi connectivity index (χ1n) is 5.96. The summed E-state index contributed by atoms with van der Waals surface area (Å²) in [6.07, 6.45) is 3.53. The minimum atomic E-state index is 0.905. The summed E-state index contributed by atoms with van der Waals surface area (Å²) in [6.45, 7) is 0. The molecule has 5 heteroatoms. The lowest BCUT2D eigenvalue weighted by Gasteiger charge is -2.05. The minimum absolute atomic E-state index is 0.905. The van der Waals surface area contributed by atoms with Crippen molar-refractivity contribution in [1.82, 2.24) is 19.9 Å². The number of aromatic nitrogens is 4. The fourth-order valence-electron chi connectivity index (χ4n) is 2.10. The van der Waals surface area contributed by atoms with Crippen LogP contribution < -0.4 is 4.94 Å². The molecule has 0 unspecified atom stereocenters. The molecule has 0 radical (unpaired) electrons. The van der Waals surface area contributed by atoms with Crippen molar-refractivity contribution in [2.45, 2.75) is 0 Å². The molecule has 4 aromatic rings. The van der Waals surface area contributed by atoms with Gasteiger partial charge in [0.25, 0.3) is 0 Å². The Morgan fingerprint density at radius 3 is 1.68 bits per heavy atom. The molecule has 2 aromatic heterocycles. The van der Waals surface area contributed by atoms with Crippen molar-refractivity contribution >= 4 is 21.8 Å². The Balaban J connectivity index is 1.82. The average molecular weight is 250 g/mol. The van der Waals surface area contributed by atoms with Crippen LogP contribution in [0.5, 0.6) is 0 Å². The van der Waals surface area contributed by atoms with Gasteiger partial charge in [-0.15, -0.1) is 10.2 Å². The lowest BCUT2D eigenvalue weighted by atomic mass is 10.3. The van der Waals surface area contributed by atoms with Crippen molar-refractivity contribution in [3.8, 4) is 0 Å². The molecular weight excluding hydrogens is 240 g/mol. The van der Waals surface area contributed by atoms with Crippen molar-refractivity contribution in [3.63, 3.8) is 0 Å². The third kappa shape index (κ3) is 1.55. The first kappa shape index (κ1) is 10.1. The summed E-state index contributed by atoms with van der Waals surface area (Å²) in [5.41, 5.74) is 1.81. The van der Waals surface area contributed by atoms with E-state index in [2.05, 4.69) is 10.2 Å². The van der Waals surface area contributed by atoms with Crippen LogP contribution in [-0.4, -0.2) is 19.9 Å². The Morgan fingerprint density at radius 1 is 0.684 bits per heavy atom. The van der Waals surface area contributed by atoms with Crippen LogP contribution in [0.2, 0.25) is 0 Å². The Morgan fingerprint density at radius 2 is 1.16 bits per heavy atom. The third-order valence-corrected chi connectivity index (χ3v) is 3.04. The van der Waals surface area contributed by atoms with Gasteiger partial charge in [-0.05, 0) is 12.1 Å². The standard InChI is InChI=1S/C14H10N4O/c1-3-7-13-11(5-1)9-15-17(13)19-18-14-8-4-2-6-12(14)10-16-18/h1-10H. The van der Waals surface area contributed by atoms with Gasteiger partial charge in [-0.1, -0.05) is 46.1 Å². The molecule has 19 heavy (non-hydrogen) atoms. The zero-order valence-corrected chi connectivity index (χ0v) is 9.97. The second-order valence-electron chi connectivity index (χ2n) is 4.23. The van der Waals surface area contributed by atoms with Crippen LogP contribution in [0, 0.1) is 0 Å². The lowest BCUT2D eigenvalue weighted by molar-refractivity contribution is 0.00615. The molecule has 92 valence electrons. The van der Waals surface area contributed by atoms with Gasteiger partial charge >= 0.3 is 0 Å². The maximum atomic E-state index is 5.70. The number of hydrogen-bond acceptors (Lipinski definition) is 3. The van der Waals surface area contributed by atoms with Crippen molar-refractivity contribution in [2.24, 2.45) is 0 Å². The Labute approximate surface area is 108 Å². The van der Waals surface area contributed by atoms with Crippen molar-refractivity contribution < 1.29 is 4.94 Å². The average Bonchev–Trinajstić information content (AvgIpc) is 3.05. The summed E-state index contributed by atoms with van der Waals surface area (Å²) in [5.74, 6) is 0. The zero-order valence-electron chi connectivity index (χ0n) is 9.97. The molecule has 0 N–H and O–H groups in total. The van der Waals surface area contributed by atoms with Gasteiger partial charge in [-0.2, -0.15) is 0 Å². The van der Waals surface area contributed by atoms with Gasteiger partial charge in [0.05, 0.1) is 12.4 Å². The SMILES string of the molecule is c1ccc2c(c1)cnn2On1ncc2ccccc21. The molecule has 0 atom stereocenters. The second kappa shape index (κ2) is 3.84. The molecule has 0 aliphatic carbocycles. The maximum absolute atomic E-state index is 5.70. The molecule has 0 aliphatic rings. The summed E-state index contributed by atoms with van der Waals surface area (Å²) in [5, 5.41) is 10.5. The molecule has 5 nitrogen and oxygen atoms in total. The lowest BCUT2D eigenvalue weighted by Crippen LogP contribution is -2.20. The van der Waals surface area contributed by atoms with E-state index in [1.165, 1.54) is 9.69 Å². The predicted octanol–water partition coefficient (Wildman–Crippen LogP) is 2.28. The molecule has 0 saturated carbocycles. The van der Waals surface area contributed by atoms with Gasteiger partial charge in [0.15, 0.2) is 0 Å². The number of rotatable bonds is 2. The van der Waals surface area contributed by atoms with Crippen molar-refractivity contribution in [2.75, 3.05) is 0 Å². The number of hydrogen-bond donors (Lipinski definition) is 0. The van der Waals surface area contributed by atoms with Gasteiger partial charge in [0.2, 0.25) is 0 Å². The summed E-state index contributed by atoms with van der Waals surface area (Å²) in [4.78, 5) is 8.63. The highest BCUT2D eigenvalue weighted by Crippen LogP contribution is 2.14. The topological polar surface area (TPSA) is 44.9 Å². The van der Waals surface area contributed by atoms with E-state index in [-0.39, 0.29) is 0 Å². The molecule has 0 bridgehead atoms. The van der Waals surface area contributed by atoms with E-state index in [1.54, 1.807) is 12.4 Å². The summed E-state index contributed by atoms with van der Waals surface area (Å²) in [7, 11) is 0. The number of nitrogens with zero attached hydrogens (tertiary/aromatic N) is 4. The van der Waals surface area contributed by atoms with E-state index in [0.29, 0.717) is 0 Å². The summed E-state index contributed by atoms with van der Waals surface area (Å²) < 4.78 is 0. The second-order valence-corrected chi connectivity index (χ2v) is 4.23. The molecular formula is C14H10N4O. The fourth-order valence-corrected chi connectivity index (χ4v) is 2.10. The maximum Gasteiger partial charge on any atom is 0.113 e. The quantitative estimate of drug-likeness (QED) is 0.548. The van der Waals surface area contributed by atoms with Crippen LogP contribution in [0.15, 0.2) is 60.9 Å². The summed E-state index contributed by atoms with van der Waals surface area (Å²) in [6, 6.07) is 15.7. The van der Waals surface area contributed by atoms with Crippen LogP contribution in [0.3, 0.4) is 0 Å². The highest BCUT2D eigenvalue weighted by Gasteiger charge is 2.06. The molecule has 0 spiro atoms. The highest BCUT2D eigenvalue weighted by atomic mass is 16.8. The van der Waals surface area contributed by atoms with E-state index in [1.807, 2.05) is 48.5 Å². The monoisotopic (exact) mass is 250 g/mol. The molecule has 2 heterocycles. The van der Waals surface area contributed by atoms with E-state index in [0.717, 1.165) is 21.8 Å². The zero-order chi connectivity index (χ0) is 12.7. The predicted molar refractivity (Wildman–Crippen MR) is 71.4 cm³/mol. The molecule has 4 rings (SSSR count). The number of para-hydroxylation sites is 2. The van der Waals surface area contributed by atoms with Crippen LogP contribution in [0.1, 0.15) is 0 Å². The van der Waals surface area contributed by atoms with Gasteiger partial charge < -0.3 is 0 Å². The molecule has 0 aliphatic heterocycles. The first-order valence-corrected chi connectivity index (χ1v) is 5.96. The van der Waals surface area contributed by atoms with Gasteiger partial charge in [-0.3, -0.25) is 0 Å². The number of benzene rings is 2. The van der Waals surface area contributed by atoms with Gasteiger partial charge in [-0.25, -0.2) is 4.94 Å². The molecule has 0 amide bonds. The Hall–Kier alpha value is -2.82. The molecule has 0 fully saturated rings. The van der Waals surface area contributed by atoms with Crippen LogP contribution in [0.4, 0.5) is 0 Å². The Kier molecular flexibility index (Phi) is 2.05. The van der Waals surface area contributed by atoms with E-state index >= 15 is 0 Å². The third-order valence-electron chi connectivity index (χ3n) is 3.04. The fraction of sp³-hybridized carbons (Fsp3) is 0. The van der Waals surface area contributed by atoms with Crippen molar-refractivity contribution in [1.29, 1.82) is 0 Å². The van der Waals surface area contributed by atoms with E-state index < -0.39 is 0 Å². The normalized spacial score (nSPS) is 11.2. The van der Waals surface area contributed by atoms with Gasteiger partial charge in [0.1, 0.15) is 11.0 Å². The van der Waals surface area contributed by atoms with Crippen LogP contribution >= 0.6 is 0 Å². The minimum Gasteiger partial charge on any atom is -0.246 e. The Bertz CT molecular complexity index is 790. The summed E-state index contributed by atoms with van der Waals surface area (Å²) >= 11 is 0. The van der Waals surface area contributed by atoms with Gasteiger partial charge in [0, 0.05) is 10.8 Å².